The molecule has 2 rings (SSSR count). The fourth-order valence-electron chi connectivity index (χ4n) is 2.23. The largest absolute Gasteiger partial charge is 0.419 e. The molecule has 0 bridgehead atoms. The maximum Gasteiger partial charge on any atom is 0.248 e. The second-order valence-electron chi connectivity index (χ2n) is 5.31. The van der Waals surface area contributed by atoms with Crippen LogP contribution in [0, 0.1) is 20.8 Å². The third-order valence-electron chi connectivity index (χ3n) is 3.02. The molecule has 4 nitrogen and oxygen atoms in total. The molecule has 102 valence electrons. The van der Waals surface area contributed by atoms with E-state index in [9.17, 15) is 0 Å². The van der Waals surface area contributed by atoms with Crippen molar-refractivity contribution in [1.82, 2.24) is 15.5 Å². The van der Waals surface area contributed by atoms with Crippen molar-refractivity contribution < 1.29 is 4.42 Å². The summed E-state index contributed by atoms with van der Waals surface area (Å²) in [5.41, 5.74) is 4.64. The van der Waals surface area contributed by atoms with Crippen molar-refractivity contribution in [2.45, 2.75) is 47.2 Å². The summed E-state index contributed by atoms with van der Waals surface area (Å²) in [4.78, 5) is 0. The number of benzene rings is 1. The minimum atomic E-state index is 0.401. The van der Waals surface area contributed by atoms with Crippen molar-refractivity contribution in [2.75, 3.05) is 0 Å². The molecule has 0 fully saturated rings. The number of rotatable bonds is 4. The van der Waals surface area contributed by atoms with E-state index in [2.05, 4.69) is 62.3 Å². The molecule has 19 heavy (non-hydrogen) atoms. The topological polar surface area (TPSA) is 51.0 Å². The smallest absolute Gasteiger partial charge is 0.248 e. The van der Waals surface area contributed by atoms with Crippen LogP contribution in [0.1, 0.15) is 36.4 Å². The lowest BCUT2D eigenvalue weighted by Gasteiger charge is -2.07. The number of hydrogen-bond acceptors (Lipinski definition) is 4. The zero-order chi connectivity index (χ0) is 14.0. The van der Waals surface area contributed by atoms with Crippen molar-refractivity contribution in [1.29, 1.82) is 0 Å². The molecular formula is C15H21N3O. The minimum Gasteiger partial charge on any atom is -0.419 e. The number of nitrogens with zero attached hydrogens (tertiary/aromatic N) is 2. The van der Waals surface area contributed by atoms with Gasteiger partial charge < -0.3 is 9.73 Å². The zero-order valence-electron chi connectivity index (χ0n) is 12.2. The molecule has 1 aromatic heterocycles. The van der Waals surface area contributed by atoms with E-state index in [0.717, 1.165) is 5.56 Å². The normalized spacial score (nSPS) is 11.3. The van der Waals surface area contributed by atoms with E-state index < -0.39 is 0 Å². The summed E-state index contributed by atoms with van der Waals surface area (Å²) < 4.78 is 5.74. The fourth-order valence-corrected chi connectivity index (χ4v) is 2.23. The van der Waals surface area contributed by atoms with Gasteiger partial charge in [0.2, 0.25) is 11.8 Å². The Bertz CT molecular complexity index is 550. The van der Waals surface area contributed by atoms with Gasteiger partial charge in [-0.2, -0.15) is 0 Å². The van der Waals surface area contributed by atoms with Crippen LogP contribution in [0.2, 0.25) is 0 Å². The molecule has 0 radical (unpaired) electrons. The summed E-state index contributed by atoms with van der Waals surface area (Å²) in [7, 11) is 0. The summed E-state index contributed by atoms with van der Waals surface area (Å²) in [6, 6.07) is 4.68. The number of nitrogens with one attached hydrogen (secondary N) is 1. The molecule has 0 unspecified atom stereocenters. The third-order valence-corrected chi connectivity index (χ3v) is 3.02. The van der Waals surface area contributed by atoms with Crippen LogP contribution < -0.4 is 5.32 Å². The maximum absolute atomic E-state index is 5.74. The number of aryl methyl sites for hydroxylation is 3. The van der Waals surface area contributed by atoms with Gasteiger partial charge >= 0.3 is 0 Å². The third kappa shape index (κ3) is 3.20. The van der Waals surface area contributed by atoms with Crippen LogP contribution in [0.25, 0.3) is 11.5 Å². The maximum atomic E-state index is 5.74. The highest BCUT2D eigenvalue weighted by Gasteiger charge is 2.14. The predicted molar refractivity (Wildman–Crippen MR) is 75.9 cm³/mol. The van der Waals surface area contributed by atoms with E-state index in [1.165, 1.54) is 16.7 Å². The Morgan fingerprint density at radius 2 is 1.74 bits per heavy atom. The molecule has 0 aliphatic rings. The van der Waals surface area contributed by atoms with Crippen molar-refractivity contribution in [3.8, 4) is 11.5 Å². The van der Waals surface area contributed by atoms with Crippen molar-refractivity contribution in [2.24, 2.45) is 0 Å². The second-order valence-corrected chi connectivity index (χ2v) is 5.31. The second kappa shape index (κ2) is 5.53. The molecule has 0 spiro atoms. The first-order chi connectivity index (χ1) is 8.97. The molecular weight excluding hydrogens is 238 g/mol. The highest BCUT2D eigenvalue weighted by molar-refractivity contribution is 5.63. The number of aromatic nitrogens is 2. The highest BCUT2D eigenvalue weighted by Crippen LogP contribution is 2.27. The predicted octanol–water partition coefficient (Wildman–Crippen LogP) is 3.16. The summed E-state index contributed by atoms with van der Waals surface area (Å²) in [5, 5.41) is 11.5. The SMILES string of the molecule is Cc1cc(C)c(-c2nnc(CNC(C)C)o2)c(C)c1. The summed E-state index contributed by atoms with van der Waals surface area (Å²) in [6.07, 6.45) is 0. The van der Waals surface area contributed by atoms with Gasteiger partial charge in [-0.05, 0) is 31.9 Å². The van der Waals surface area contributed by atoms with Crippen molar-refractivity contribution >= 4 is 0 Å². The standard InChI is InChI=1S/C15H21N3O/c1-9(2)16-8-13-17-18-15(19-13)14-11(4)6-10(3)7-12(14)5/h6-7,9,16H,8H2,1-5H3. The van der Waals surface area contributed by atoms with Crippen LogP contribution in [0.15, 0.2) is 16.5 Å². The zero-order valence-corrected chi connectivity index (χ0v) is 12.2. The molecule has 2 aromatic rings. The molecule has 0 aliphatic heterocycles. The molecule has 1 heterocycles. The van der Waals surface area contributed by atoms with Crippen molar-refractivity contribution in [3.63, 3.8) is 0 Å². The van der Waals surface area contributed by atoms with Crippen LogP contribution >= 0.6 is 0 Å². The van der Waals surface area contributed by atoms with Gasteiger partial charge in [-0.25, -0.2) is 0 Å². The summed E-state index contributed by atoms with van der Waals surface area (Å²) >= 11 is 0. The minimum absolute atomic E-state index is 0.401. The molecule has 0 aliphatic carbocycles. The first-order valence-electron chi connectivity index (χ1n) is 6.61. The van der Waals surface area contributed by atoms with E-state index in [-0.39, 0.29) is 0 Å². The van der Waals surface area contributed by atoms with Gasteiger partial charge in [0.25, 0.3) is 0 Å². The lowest BCUT2D eigenvalue weighted by atomic mass is 10.00. The Hall–Kier alpha value is -1.68. The summed E-state index contributed by atoms with van der Waals surface area (Å²) in [6.45, 7) is 11.0. The van der Waals surface area contributed by atoms with E-state index in [1.54, 1.807) is 0 Å². The molecule has 0 saturated heterocycles. The quantitative estimate of drug-likeness (QED) is 0.916. The van der Waals surface area contributed by atoms with Gasteiger partial charge in [0.05, 0.1) is 6.54 Å². The molecule has 0 atom stereocenters. The van der Waals surface area contributed by atoms with Gasteiger partial charge in [-0.3, -0.25) is 0 Å². The Morgan fingerprint density at radius 3 is 2.32 bits per heavy atom. The van der Waals surface area contributed by atoms with Crippen LogP contribution in [-0.2, 0) is 6.54 Å². The summed E-state index contributed by atoms with van der Waals surface area (Å²) in [5.74, 6) is 1.23. The Labute approximate surface area is 114 Å². The van der Waals surface area contributed by atoms with Crippen LogP contribution in [0.4, 0.5) is 0 Å². The first-order valence-corrected chi connectivity index (χ1v) is 6.61. The van der Waals surface area contributed by atoms with E-state index in [1.807, 2.05) is 0 Å². The Kier molecular flexibility index (Phi) is 4.00. The van der Waals surface area contributed by atoms with Gasteiger partial charge in [0, 0.05) is 11.6 Å². The van der Waals surface area contributed by atoms with Crippen molar-refractivity contribution in [3.05, 3.63) is 34.7 Å². The first kappa shape index (κ1) is 13.7. The van der Waals surface area contributed by atoms with E-state index in [4.69, 9.17) is 4.42 Å². The van der Waals surface area contributed by atoms with Gasteiger partial charge in [0.1, 0.15) is 0 Å². The van der Waals surface area contributed by atoms with E-state index in [0.29, 0.717) is 24.4 Å². The molecule has 0 saturated carbocycles. The van der Waals surface area contributed by atoms with Gasteiger partial charge in [-0.1, -0.05) is 31.5 Å². The fraction of sp³-hybridized carbons (Fsp3) is 0.467. The lowest BCUT2D eigenvalue weighted by Crippen LogP contribution is -2.21. The molecule has 1 N–H and O–H groups in total. The van der Waals surface area contributed by atoms with Crippen LogP contribution in [-0.4, -0.2) is 16.2 Å². The van der Waals surface area contributed by atoms with Gasteiger partial charge in [-0.15, -0.1) is 10.2 Å². The monoisotopic (exact) mass is 259 g/mol. The highest BCUT2D eigenvalue weighted by atomic mass is 16.4. The number of hydrogen-bond donors (Lipinski definition) is 1. The van der Waals surface area contributed by atoms with E-state index >= 15 is 0 Å². The molecule has 1 aromatic carbocycles. The average Bonchev–Trinajstić information content (AvgIpc) is 2.73. The average molecular weight is 259 g/mol. The van der Waals surface area contributed by atoms with Crippen LogP contribution in [0.3, 0.4) is 0 Å². The lowest BCUT2D eigenvalue weighted by molar-refractivity contribution is 0.458. The Morgan fingerprint density at radius 1 is 1.11 bits per heavy atom. The molecule has 0 amide bonds. The van der Waals surface area contributed by atoms with Gasteiger partial charge in [0.15, 0.2) is 0 Å². The Balaban J connectivity index is 2.28. The molecule has 4 heteroatoms. The van der Waals surface area contributed by atoms with Crippen LogP contribution in [0.5, 0.6) is 0 Å².